The van der Waals surface area contributed by atoms with Crippen molar-refractivity contribution in [1.29, 1.82) is 0 Å². The van der Waals surface area contributed by atoms with E-state index < -0.39 is 12.1 Å². The van der Waals surface area contributed by atoms with Gasteiger partial charge in [-0.05, 0) is 44.9 Å². The van der Waals surface area contributed by atoms with E-state index in [0.29, 0.717) is 6.42 Å². The summed E-state index contributed by atoms with van der Waals surface area (Å²) < 4.78 is 0. The number of aliphatic hydroxyl groups is 2. The SMILES string of the molecule is CCCCCCCCCCCCCC/C=C\CCCCCCCCCCCCCCCCC(=O)NC(CO)C(O)/C=C/CCCCCCCCCCCCCCCCCCCCCCCC. The average molecular weight is 929 g/mol. The van der Waals surface area contributed by atoms with E-state index in [1.165, 1.54) is 302 Å². The molecule has 0 aromatic heterocycles. The largest absolute Gasteiger partial charge is 0.394 e. The highest BCUT2D eigenvalue weighted by Crippen LogP contribution is 2.18. The molecule has 0 heterocycles. The van der Waals surface area contributed by atoms with Crippen LogP contribution < -0.4 is 5.32 Å². The molecule has 66 heavy (non-hydrogen) atoms. The van der Waals surface area contributed by atoms with Crippen molar-refractivity contribution in [3.8, 4) is 0 Å². The van der Waals surface area contributed by atoms with Crippen molar-refractivity contribution in [1.82, 2.24) is 5.32 Å². The number of hydrogen-bond acceptors (Lipinski definition) is 3. The number of carbonyl (C=O) groups excluding carboxylic acids is 1. The van der Waals surface area contributed by atoms with E-state index in [9.17, 15) is 15.0 Å². The second kappa shape index (κ2) is 58.2. The third-order valence-electron chi connectivity index (χ3n) is 14.4. The number of allylic oxidation sites excluding steroid dienone is 3. The molecule has 0 fully saturated rings. The first-order valence-corrected chi connectivity index (χ1v) is 30.6. The summed E-state index contributed by atoms with van der Waals surface area (Å²) >= 11 is 0. The number of aliphatic hydroxyl groups excluding tert-OH is 2. The van der Waals surface area contributed by atoms with Crippen molar-refractivity contribution in [2.75, 3.05) is 6.61 Å². The van der Waals surface area contributed by atoms with Crippen LogP contribution in [0.25, 0.3) is 0 Å². The Bertz CT molecular complexity index is 963. The second-order valence-electron chi connectivity index (χ2n) is 21.1. The lowest BCUT2D eigenvalue weighted by molar-refractivity contribution is -0.123. The van der Waals surface area contributed by atoms with E-state index in [-0.39, 0.29) is 12.5 Å². The molecule has 3 N–H and O–H groups in total. The summed E-state index contributed by atoms with van der Waals surface area (Å²) in [4.78, 5) is 12.5. The van der Waals surface area contributed by atoms with E-state index in [0.717, 1.165) is 25.7 Å². The van der Waals surface area contributed by atoms with Gasteiger partial charge in [0.1, 0.15) is 0 Å². The first kappa shape index (κ1) is 64.9. The van der Waals surface area contributed by atoms with E-state index in [1.54, 1.807) is 6.08 Å². The van der Waals surface area contributed by atoms with Crippen molar-refractivity contribution >= 4 is 5.91 Å². The van der Waals surface area contributed by atoms with Crippen LogP contribution in [0.5, 0.6) is 0 Å². The van der Waals surface area contributed by atoms with Crippen LogP contribution in [0.2, 0.25) is 0 Å². The Morgan fingerprint density at radius 3 is 0.833 bits per heavy atom. The van der Waals surface area contributed by atoms with Crippen LogP contribution in [-0.2, 0) is 4.79 Å². The lowest BCUT2D eigenvalue weighted by Gasteiger charge is -2.20. The van der Waals surface area contributed by atoms with Crippen molar-refractivity contribution in [2.24, 2.45) is 0 Å². The molecule has 0 bridgehead atoms. The Labute approximate surface area is 415 Å². The molecule has 0 saturated carbocycles. The van der Waals surface area contributed by atoms with Gasteiger partial charge in [0.25, 0.3) is 0 Å². The molecule has 0 rings (SSSR count). The van der Waals surface area contributed by atoms with Gasteiger partial charge in [-0.2, -0.15) is 0 Å². The van der Waals surface area contributed by atoms with Crippen molar-refractivity contribution < 1.29 is 15.0 Å². The van der Waals surface area contributed by atoms with E-state index in [2.05, 4.69) is 31.3 Å². The maximum Gasteiger partial charge on any atom is 0.220 e. The van der Waals surface area contributed by atoms with Gasteiger partial charge in [-0.1, -0.05) is 321 Å². The second-order valence-corrected chi connectivity index (χ2v) is 21.1. The van der Waals surface area contributed by atoms with E-state index >= 15 is 0 Å². The van der Waals surface area contributed by atoms with Gasteiger partial charge < -0.3 is 15.5 Å². The minimum Gasteiger partial charge on any atom is -0.394 e. The van der Waals surface area contributed by atoms with Gasteiger partial charge in [0.2, 0.25) is 5.91 Å². The zero-order valence-electron chi connectivity index (χ0n) is 45.2. The Balaban J connectivity index is 3.44. The number of unbranched alkanes of at least 4 members (excludes halogenated alkanes) is 48. The molecule has 4 heteroatoms. The summed E-state index contributed by atoms with van der Waals surface area (Å²) in [7, 11) is 0. The number of amides is 1. The molecule has 0 saturated heterocycles. The van der Waals surface area contributed by atoms with Crippen LogP contribution in [0, 0.1) is 0 Å². The highest BCUT2D eigenvalue weighted by molar-refractivity contribution is 5.76. The maximum atomic E-state index is 12.5. The third-order valence-corrected chi connectivity index (χ3v) is 14.4. The number of carbonyl (C=O) groups is 1. The fourth-order valence-electron chi connectivity index (χ4n) is 9.77. The van der Waals surface area contributed by atoms with E-state index in [1.807, 2.05) is 6.08 Å². The van der Waals surface area contributed by atoms with Gasteiger partial charge in [-0.3, -0.25) is 4.79 Å². The summed E-state index contributed by atoms with van der Waals surface area (Å²) in [6.07, 6.45) is 77.9. The van der Waals surface area contributed by atoms with Crippen molar-refractivity contribution in [3.63, 3.8) is 0 Å². The Morgan fingerprint density at radius 1 is 0.348 bits per heavy atom. The summed E-state index contributed by atoms with van der Waals surface area (Å²) in [5.41, 5.74) is 0. The van der Waals surface area contributed by atoms with Crippen LogP contribution in [0.1, 0.15) is 348 Å². The summed E-state index contributed by atoms with van der Waals surface area (Å²) in [5.74, 6) is -0.0573. The quantitative estimate of drug-likeness (QED) is 0.0420. The molecule has 1 amide bonds. The number of nitrogens with one attached hydrogen (secondary N) is 1. The molecule has 2 atom stereocenters. The van der Waals surface area contributed by atoms with Crippen LogP contribution in [0.3, 0.4) is 0 Å². The normalized spacial score (nSPS) is 12.8. The fourth-order valence-corrected chi connectivity index (χ4v) is 9.77. The standard InChI is InChI=1S/C62H121NO3/c1-3-5-7-9-11-13-15-17-19-21-23-25-27-29-30-31-32-33-34-36-38-40-42-44-46-48-50-52-54-56-58-62(66)63-60(59-64)61(65)57-55-53-51-49-47-45-43-41-39-37-35-28-26-24-22-20-18-16-14-12-10-8-6-4-2/h29-30,55,57,60-61,64-65H,3-28,31-54,56,58-59H2,1-2H3,(H,63,66)/b30-29-,57-55+. The minimum atomic E-state index is -0.838. The predicted molar refractivity (Wildman–Crippen MR) is 295 cm³/mol. The zero-order chi connectivity index (χ0) is 47.7. The smallest absolute Gasteiger partial charge is 0.220 e. The molecular weight excluding hydrogens is 807 g/mol. The van der Waals surface area contributed by atoms with Crippen LogP contribution >= 0.6 is 0 Å². The summed E-state index contributed by atoms with van der Waals surface area (Å²) in [6, 6.07) is -0.621. The van der Waals surface area contributed by atoms with Gasteiger partial charge in [-0.25, -0.2) is 0 Å². The minimum absolute atomic E-state index is 0.0573. The number of rotatable bonds is 57. The van der Waals surface area contributed by atoms with E-state index in [4.69, 9.17) is 0 Å². The maximum absolute atomic E-state index is 12.5. The molecule has 0 aromatic rings. The van der Waals surface area contributed by atoms with Gasteiger partial charge in [-0.15, -0.1) is 0 Å². The first-order valence-electron chi connectivity index (χ1n) is 30.6. The summed E-state index contributed by atoms with van der Waals surface area (Å²) in [6.45, 7) is 4.35. The zero-order valence-corrected chi connectivity index (χ0v) is 45.2. The molecular formula is C62H121NO3. The summed E-state index contributed by atoms with van der Waals surface area (Å²) in [5, 5.41) is 23.2. The molecule has 0 spiro atoms. The van der Waals surface area contributed by atoms with Crippen LogP contribution in [-0.4, -0.2) is 34.9 Å². The number of hydrogen-bond donors (Lipinski definition) is 3. The Kier molecular flexibility index (Phi) is 57.2. The Morgan fingerprint density at radius 2 is 0.576 bits per heavy atom. The highest BCUT2D eigenvalue weighted by Gasteiger charge is 2.18. The van der Waals surface area contributed by atoms with Gasteiger partial charge in [0, 0.05) is 6.42 Å². The lowest BCUT2D eigenvalue weighted by atomic mass is 10.0. The molecule has 0 aliphatic carbocycles. The molecule has 4 nitrogen and oxygen atoms in total. The van der Waals surface area contributed by atoms with Gasteiger partial charge in [0.15, 0.2) is 0 Å². The monoisotopic (exact) mass is 928 g/mol. The molecule has 392 valence electrons. The lowest BCUT2D eigenvalue weighted by Crippen LogP contribution is -2.45. The molecule has 0 aliphatic heterocycles. The molecule has 2 unspecified atom stereocenters. The molecule has 0 aliphatic rings. The van der Waals surface area contributed by atoms with Crippen molar-refractivity contribution in [2.45, 2.75) is 360 Å². The first-order chi connectivity index (χ1) is 32.7. The van der Waals surface area contributed by atoms with Crippen LogP contribution in [0.4, 0.5) is 0 Å². The van der Waals surface area contributed by atoms with Crippen molar-refractivity contribution in [3.05, 3.63) is 24.3 Å². The average Bonchev–Trinajstić information content (AvgIpc) is 3.32. The molecule has 0 aromatic carbocycles. The topological polar surface area (TPSA) is 69.6 Å². The van der Waals surface area contributed by atoms with Gasteiger partial charge in [0.05, 0.1) is 18.8 Å². The highest BCUT2D eigenvalue weighted by atomic mass is 16.3. The Hall–Kier alpha value is -1.13. The third kappa shape index (κ3) is 53.8. The molecule has 0 radical (unpaired) electrons. The van der Waals surface area contributed by atoms with Crippen LogP contribution in [0.15, 0.2) is 24.3 Å². The predicted octanol–water partition coefficient (Wildman–Crippen LogP) is 20.3. The fraction of sp³-hybridized carbons (Fsp3) is 0.919. The van der Waals surface area contributed by atoms with Gasteiger partial charge >= 0.3 is 0 Å².